The number of carbonyl (C=O) groups is 2. The van der Waals surface area contributed by atoms with Crippen LogP contribution in [0.1, 0.15) is 35.9 Å². The number of rotatable bonds is 5. The van der Waals surface area contributed by atoms with Gasteiger partial charge in [0, 0.05) is 31.4 Å². The first-order valence-corrected chi connectivity index (χ1v) is 8.93. The summed E-state index contributed by atoms with van der Waals surface area (Å²) in [5.74, 6) is 1.05. The zero-order chi connectivity index (χ0) is 19.2. The van der Waals surface area contributed by atoms with Crippen molar-refractivity contribution < 1.29 is 18.8 Å². The van der Waals surface area contributed by atoms with Crippen LogP contribution in [0.2, 0.25) is 0 Å². The fourth-order valence-electron chi connectivity index (χ4n) is 2.90. The Labute approximate surface area is 157 Å². The quantitative estimate of drug-likeness (QED) is 0.828. The van der Waals surface area contributed by atoms with Crippen molar-refractivity contribution in [3.8, 4) is 0 Å². The number of aryl methyl sites for hydroxylation is 1. The Balaban J connectivity index is 1.54. The van der Waals surface area contributed by atoms with Gasteiger partial charge in [0.15, 0.2) is 5.82 Å². The minimum absolute atomic E-state index is 0.0120. The van der Waals surface area contributed by atoms with Crippen LogP contribution >= 0.6 is 0 Å². The normalized spacial score (nSPS) is 14.7. The molecule has 3 rings (SSSR count). The molecule has 1 saturated heterocycles. The molecule has 0 unspecified atom stereocenters. The van der Waals surface area contributed by atoms with Crippen molar-refractivity contribution in [3.63, 3.8) is 0 Å². The number of hydrogen-bond acceptors (Lipinski definition) is 7. The maximum atomic E-state index is 12.5. The van der Waals surface area contributed by atoms with Gasteiger partial charge < -0.3 is 24.8 Å². The molecule has 3 heterocycles. The second-order valence-corrected chi connectivity index (χ2v) is 6.34. The Kier molecular flexibility index (Phi) is 5.90. The van der Waals surface area contributed by atoms with E-state index in [4.69, 9.17) is 9.26 Å². The van der Waals surface area contributed by atoms with E-state index in [1.807, 2.05) is 0 Å². The van der Waals surface area contributed by atoms with Gasteiger partial charge in [0.2, 0.25) is 0 Å². The van der Waals surface area contributed by atoms with E-state index in [0.717, 1.165) is 0 Å². The van der Waals surface area contributed by atoms with Gasteiger partial charge in [-0.15, -0.1) is 0 Å². The van der Waals surface area contributed by atoms with Crippen molar-refractivity contribution in [2.45, 2.75) is 32.7 Å². The molecule has 2 amide bonds. The topological polar surface area (TPSA) is 110 Å². The summed E-state index contributed by atoms with van der Waals surface area (Å²) in [6.45, 7) is 5.07. The Morgan fingerprint density at radius 2 is 2.07 bits per heavy atom. The molecule has 0 saturated carbocycles. The van der Waals surface area contributed by atoms with E-state index in [9.17, 15) is 9.59 Å². The zero-order valence-corrected chi connectivity index (χ0v) is 15.4. The molecule has 0 aliphatic carbocycles. The van der Waals surface area contributed by atoms with E-state index in [-0.39, 0.29) is 18.0 Å². The first-order chi connectivity index (χ1) is 13.0. The highest BCUT2D eigenvalue weighted by Crippen LogP contribution is 2.17. The Morgan fingerprint density at radius 3 is 2.74 bits per heavy atom. The maximum absolute atomic E-state index is 12.5. The van der Waals surface area contributed by atoms with Crippen molar-refractivity contribution in [2.24, 2.45) is 0 Å². The van der Waals surface area contributed by atoms with E-state index in [1.54, 1.807) is 37.1 Å². The van der Waals surface area contributed by atoms with E-state index >= 15 is 0 Å². The van der Waals surface area contributed by atoms with Crippen LogP contribution in [0.5, 0.6) is 0 Å². The number of aromatic nitrogens is 2. The largest absolute Gasteiger partial charge is 0.450 e. The van der Waals surface area contributed by atoms with Crippen LogP contribution in [0.15, 0.2) is 29.0 Å². The molecule has 1 aliphatic rings. The highest BCUT2D eigenvalue weighted by Gasteiger charge is 2.25. The molecule has 27 heavy (non-hydrogen) atoms. The van der Waals surface area contributed by atoms with E-state index in [0.29, 0.717) is 55.4 Å². The molecule has 0 bridgehead atoms. The monoisotopic (exact) mass is 373 g/mol. The number of nitrogens with one attached hydrogen (secondary N) is 2. The smallest absolute Gasteiger partial charge is 0.409 e. The summed E-state index contributed by atoms with van der Waals surface area (Å²) in [5, 5.41) is 9.91. The van der Waals surface area contributed by atoms with Gasteiger partial charge in [-0.25, -0.2) is 4.79 Å². The Morgan fingerprint density at radius 1 is 1.30 bits per heavy atom. The molecule has 9 nitrogen and oxygen atoms in total. The molecule has 1 fully saturated rings. The third-order valence-corrected chi connectivity index (χ3v) is 4.26. The predicted octanol–water partition coefficient (Wildman–Crippen LogP) is 2.47. The summed E-state index contributed by atoms with van der Waals surface area (Å²) in [5.41, 5.74) is 1.10. The molecular formula is C18H23N5O4. The lowest BCUT2D eigenvalue weighted by molar-refractivity contribution is 0.0860. The number of pyridine rings is 1. The third kappa shape index (κ3) is 4.96. The van der Waals surface area contributed by atoms with Crippen LogP contribution in [-0.2, 0) is 4.74 Å². The van der Waals surface area contributed by atoms with Crippen LogP contribution in [0, 0.1) is 6.92 Å². The first kappa shape index (κ1) is 18.7. The van der Waals surface area contributed by atoms with Crippen LogP contribution in [0.4, 0.5) is 16.3 Å². The van der Waals surface area contributed by atoms with E-state index < -0.39 is 0 Å². The number of anilines is 2. The lowest BCUT2D eigenvalue weighted by Gasteiger charge is -2.31. The summed E-state index contributed by atoms with van der Waals surface area (Å²) < 4.78 is 10.0. The number of likely N-dealkylation sites (tertiary alicyclic amines) is 1. The molecule has 2 aromatic heterocycles. The fraction of sp³-hybridized carbons (Fsp3) is 0.444. The van der Waals surface area contributed by atoms with Crippen molar-refractivity contribution in [1.29, 1.82) is 0 Å². The minimum Gasteiger partial charge on any atom is -0.450 e. The molecule has 0 atom stereocenters. The standard InChI is InChI=1S/C18H23N5O4/c1-3-26-18(25)23-6-4-14(5-7-23)21-17(24)13-9-15(11-19-10-13)20-16-8-12(2)27-22-16/h8-11,14H,3-7H2,1-2H3,(H,20,22)(H,21,24). The predicted molar refractivity (Wildman–Crippen MR) is 97.8 cm³/mol. The summed E-state index contributed by atoms with van der Waals surface area (Å²) in [6, 6.07) is 3.47. The minimum atomic E-state index is -0.298. The van der Waals surface area contributed by atoms with Crippen molar-refractivity contribution in [2.75, 3.05) is 25.0 Å². The molecular weight excluding hydrogens is 350 g/mol. The Bertz CT molecular complexity index is 799. The summed E-state index contributed by atoms with van der Waals surface area (Å²) in [7, 11) is 0. The molecule has 0 spiro atoms. The maximum Gasteiger partial charge on any atom is 0.409 e. The molecule has 144 valence electrons. The highest BCUT2D eigenvalue weighted by atomic mass is 16.6. The van der Waals surface area contributed by atoms with Gasteiger partial charge in [0.1, 0.15) is 5.76 Å². The molecule has 0 aromatic carbocycles. The highest BCUT2D eigenvalue weighted by molar-refractivity contribution is 5.95. The van der Waals surface area contributed by atoms with Gasteiger partial charge in [-0.1, -0.05) is 5.16 Å². The number of amides is 2. The van der Waals surface area contributed by atoms with Crippen molar-refractivity contribution in [3.05, 3.63) is 35.9 Å². The second-order valence-electron chi connectivity index (χ2n) is 6.34. The molecule has 0 radical (unpaired) electrons. The number of hydrogen-bond donors (Lipinski definition) is 2. The average molecular weight is 373 g/mol. The van der Waals surface area contributed by atoms with Crippen LogP contribution in [0.25, 0.3) is 0 Å². The van der Waals surface area contributed by atoms with Crippen LogP contribution in [0.3, 0.4) is 0 Å². The van der Waals surface area contributed by atoms with Crippen molar-refractivity contribution in [1.82, 2.24) is 20.4 Å². The fourth-order valence-corrected chi connectivity index (χ4v) is 2.90. The number of ether oxygens (including phenoxy) is 1. The summed E-state index contributed by atoms with van der Waals surface area (Å²) in [6.07, 6.45) is 4.21. The van der Waals surface area contributed by atoms with Crippen molar-refractivity contribution >= 4 is 23.5 Å². The van der Waals surface area contributed by atoms with Gasteiger partial charge in [0.05, 0.1) is 24.1 Å². The second kappa shape index (κ2) is 8.52. The van der Waals surface area contributed by atoms with Gasteiger partial charge in [-0.05, 0) is 32.8 Å². The molecule has 9 heteroatoms. The first-order valence-electron chi connectivity index (χ1n) is 8.93. The van der Waals surface area contributed by atoms with Gasteiger partial charge in [-0.2, -0.15) is 0 Å². The van der Waals surface area contributed by atoms with E-state index in [1.165, 1.54) is 6.20 Å². The SMILES string of the molecule is CCOC(=O)N1CCC(NC(=O)c2cncc(Nc3cc(C)on3)c2)CC1. The zero-order valence-electron chi connectivity index (χ0n) is 15.4. The third-order valence-electron chi connectivity index (χ3n) is 4.26. The van der Waals surface area contributed by atoms with Gasteiger partial charge >= 0.3 is 6.09 Å². The Hall–Kier alpha value is -3.10. The number of carbonyl (C=O) groups excluding carboxylic acids is 2. The lowest BCUT2D eigenvalue weighted by atomic mass is 10.0. The lowest BCUT2D eigenvalue weighted by Crippen LogP contribution is -2.46. The van der Waals surface area contributed by atoms with E-state index in [2.05, 4.69) is 20.8 Å². The molecule has 1 aliphatic heterocycles. The molecule has 2 N–H and O–H groups in total. The average Bonchev–Trinajstić information content (AvgIpc) is 3.07. The number of nitrogens with zero attached hydrogens (tertiary/aromatic N) is 3. The summed E-state index contributed by atoms with van der Waals surface area (Å²) >= 11 is 0. The van der Waals surface area contributed by atoms with Gasteiger partial charge in [-0.3, -0.25) is 9.78 Å². The summed E-state index contributed by atoms with van der Waals surface area (Å²) in [4.78, 5) is 30.0. The van der Waals surface area contributed by atoms with Crippen LogP contribution < -0.4 is 10.6 Å². The molecule has 2 aromatic rings. The number of piperidine rings is 1. The van der Waals surface area contributed by atoms with Crippen LogP contribution in [-0.4, -0.2) is 52.8 Å². The van der Waals surface area contributed by atoms with Gasteiger partial charge in [0.25, 0.3) is 5.91 Å².